The summed E-state index contributed by atoms with van der Waals surface area (Å²) in [5.74, 6) is -0.429. The van der Waals surface area contributed by atoms with Crippen LogP contribution < -0.4 is 0 Å². The van der Waals surface area contributed by atoms with E-state index < -0.39 is 30.2 Å². The summed E-state index contributed by atoms with van der Waals surface area (Å²) in [6.07, 6.45) is -3.57. The number of hydrogen-bond donors (Lipinski definition) is 2. The molecule has 0 aromatic rings. The third kappa shape index (κ3) is 3.80. The number of rotatable bonds is 8. The SMILES string of the molecule is CO[C@@H]([C@@H](CO)OC)[C@@H](OC)C(O)C(C)=O. The summed E-state index contributed by atoms with van der Waals surface area (Å²) < 4.78 is 15.1. The predicted octanol–water partition coefficient (Wildman–Crippen LogP) is -1.03. The van der Waals surface area contributed by atoms with E-state index in [4.69, 9.17) is 19.3 Å². The highest BCUT2D eigenvalue weighted by atomic mass is 16.6. The Labute approximate surface area is 95.1 Å². The van der Waals surface area contributed by atoms with Crippen molar-refractivity contribution in [1.29, 1.82) is 0 Å². The first-order valence-electron chi connectivity index (χ1n) is 4.91. The molecule has 0 aliphatic carbocycles. The van der Waals surface area contributed by atoms with Crippen molar-refractivity contribution in [2.24, 2.45) is 0 Å². The van der Waals surface area contributed by atoms with Gasteiger partial charge in [0.05, 0.1) is 6.61 Å². The number of aliphatic hydroxyl groups is 2. The van der Waals surface area contributed by atoms with Crippen molar-refractivity contribution < 1.29 is 29.2 Å². The Morgan fingerprint density at radius 2 is 1.62 bits per heavy atom. The number of hydrogen-bond acceptors (Lipinski definition) is 6. The third-order valence-electron chi connectivity index (χ3n) is 2.44. The highest BCUT2D eigenvalue weighted by Crippen LogP contribution is 2.14. The normalized spacial score (nSPS) is 18.9. The van der Waals surface area contributed by atoms with Gasteiger partial charge in [-0.3, -0.25) is 4.79 Å². The van der Waals surface area contributed by atoms with Gasteiger partial charge in [0.25, 0.3) is 0 Å². The summed E-state index contributed by atoms with van der Waals surface area (Å²) in [7, 11) is 4.15. The molecule has 0 radical (unpaired) electrons. The van der Waals surface area contributed by atoms with Gasteiger partial charge in [0.1, 0.15) is 24.4 Å². The Morgan fingerprint density at radius 3 is 1.88 bits per heavy atom. The van der Waals surface area contributed by atoms with Crippen molar-refractivity contribution in [3.8, 4) is 0 Å². The zero-order valence-electron chi connectivity index (χ0n) is 10.0. The molecule has 0 fully saturated rings. The molecular weight excluding hydrogens is 216 g/mol. The topological polar surface area (TPSA) is 85.2 Å². The Balaban J connectivity index is 4.79. The lowest BCUT2D eigenvalue weighted by atomic mass is 10.0. The maximum atomic E-state index is 11.1. The van der Waals surface area contributed by atoms with Gasteiger partial charge in [-0.1, -0.05) is 0 Å². The monoisotopic (exact) mass is 236 g/mol. The molecule has 1 unspecified atom stereocenters. The molecule has 0 aliphatic rings. The maximum Gasteiger partial charge on any atom is 0.160 e. The number of ether oxygens (including phenoxy) is 3. The number of Topliss-reactive ketones (excluding diaryl/α,β-unsaturated/α-hetero) is 1. The van der Waals surface area contributed by atoms with Crippen LogP contribution in [0.4, 0.5) is 0 Å². The second-order valence-corrected chi connectivity index (χ2v) is 3.41. The first kappa shape index (κ1) is 15.5. The van der Waals surface area contributed by atoms with Crippen molar-refractivity contribution in [3.63, 3.8) is 0 Å². The van der Waals surface area contributed by atoms with Crippen LogP contribution in [0.25, 0.3) is 0 Å². The van der Waals surface area contributed by atoms with E-state index in [1.165, 1.54) is 28.3 Å². The zero-order valence-corrected chi connectivity index (χ0v) is 10.0. The second kappa shape index (κ2) is 7.70. The van der Waals surface area contributed by atoms with E-state index in [9.17, 15) is 9.90 Å². The van der Waals surface area contributed by atoms with Gasteiger partial charge in [0.15, 0.2) is 5.78 Å². The number of carbonyl (C=O) groups excluding carboxylic acids is 1. The molecule has 0 rings (SSSR count). The minimum atomic E-state index is -1.31. The van der Waals surface area contributed by atoms with Crippen LogP contribution in [0.2, 0.25) is 0 Å². The van der Waals surface area contributed by atoms with Gasteiger partial charge in [0, 0.05) is 21.3 Å². The van der Waals surface area contributed by atoms with Gasteiger partial charge in [-0.05, 0) is 6.92 Å². The average Bonchev–Trinajstić information content (AvgIpc) is 2.28. The zero-order chi connectivity index (χ0) is 12.7. The average molecular weight is 236 g/mol. The molecule has 0 spiro atoms. The molecule has 0 amide bonds. The van der Waals surface area contributed by atoms with Crippen molar-refractivity contribution in [1.82, 2.24) is 0 Å². The first-order chi connectivity index (χ1) is 7.53. The Hall–Kier alpha value is -0.530. The van der Waals surface area contributed by atoms with Crippen molar-refractivity contribution >= 4 is 5.78 Å². The van der Waals surface area contributed by atoms with Crippen LogP contribution in [0.1, 0.15) is 6.92 Å². The van der Waals surface area contributed by atoms with Crippen molar-refractivity contribution in [2.45, 2.75) is 31.3 Å². The molecule has 0 aromatic heterocycles. The molecule has 0 heterocycles. The van der Waals surface area contributed by atoms with Crippen LogP contribution in [-0.2, 0) is 19.0 Å². The molecule has 0 aromatic carbocycles. The van der Waals surface area contributed by atoms with Crippen LogP contribution >= 0.6 is 0 Å². The van der Waals surface area contributed by atoms with E-state index in [1.807, 2.05) is 0 Å². The van der Waals surface area contributed by atoms with Crippen molar-refractivity contribution in [2.75, 3.05) is 27.9 Å². The lowest BCUT2D eigenvalue weighted by molar-refractivity contribution is -0.161. The fourth-order valence-electron chi connectivity index (χ4n) is 1.48. The van der Waals surface area contributed by atoms with E-state index >= 15 is 0 Å². The molecule has 6 heteroatoms. The molecule has 4 atom stereocenters. The smallest absolute Gasteiger partial charge is 0.160 e. The summed E-state index contributed by atoms with van der Waals surface area (Å²) in [6.45, 7) is 0.962. The largest absolute Gasteiger partial charge is 0.394 e. The lowest BCUT2D eigenvalue weighted by Gasteiger charge is -2.31. The molecule has 0 saturated heterocycles. The molecule has 0 bridgehead atoms. The first-order valence-corrected chi connectivity index (χ1v) is 4.91. The number of aliphatic hydroxyl groups excluding tert-OH is 2. The molecule has 6 nitrogen and oxygen atoms in total. The van der Waals surface area contributed by atoms with Gasteiger partial charge >= 0.3 is 0 Å². The second-order valence-electron chi connectivity index (χ2n) is 3.41. The van der Waals surface area contributed by atoms with Gasteiger partial charge in [-0.2, -0.15) is 0 Å². The third-order valence-corrected chi connectivity index (χ3v) is 2.44. The molecular formula is C10H20O6. The maximum absolute atomic E-state index is 11.1. The number of carbonyl (C=O) groups is 1. The predicted molar refractivity (Wildman–Crippen MR) is 56.2 cm³/mol. The summed E-state index contributed by atoms with van der Waals surface area (Å²) in [4.78, 5) is 11.1. The van der Waals surface area contributed by atoms with Gasteiger partial charge in [-0.25, -0.2) is 0 Å². The van der Waals surface area contributed by atoms with Crippen LogP contribution in [-0.4, -0.2) is 68.3 Å². The molecule has 0 saturated carbocycles. The van der Waals surface area contributed by atoms with Gasteiger partial charge in [-0.15, -0.1) is 0 Å². The van der Waals surface area contributed by atoms with E-state index in [1.54, 1.807) is 0 Å². The number of ketones is 1. The summed E-state index contributed by atoms with van der Waals surface area (Å²) >= 11 is 0. The summed E-state index contributed by atoms with van der Waals surface area (Å²) in [5.41, 5.74) is 0. The number of methoxy groups -OCH3 is 3. The van der Waals surface area contributed by atoms with E-state index in [0.717, 1.165) is 0 Å². The lowest BCUT2D eigenvalue weighted by Crippen LogP contribution is -2.50. The molecule has 96 valence electrons. The standard InChI is InChI=1S/C10H20O6/c1-6(12)8(13)10(16-4)9(15-3)7(5-11)14-2/h7-11,13H,5H2,1-4H3/t7-,8?,9+,10+/m1/s1. The summed E-state index contributed by atoms with van der Waals surface area (Å²) in [5, 5.41) is 18.7. The Kier molecular flexibility index (Phi) is 7.44. The molecule has 0 aliphatic heterocycles. The van der Waals surface area contributed by atoms with E-state index in [2.05, 4.69) is 0 Å². The minimum absolute atomic E-state index is 0.292. The Morgan fingerprint density at radius 1 is 1.12 bits per heavy atom. The van der Waals surface area contributed by atoms with Crippen LogP contribution in [0.3, 0.4) is 0 Å². The van der Waals surface area contributed by atoms with Crippen LogP contribution in [0.5, 0.6) is 0 Å². The van der Waals surface area contributed by atoms with Crippen molar-refractivity contribution in [3.05, 3.63) is 0 Å². The fourth-order valence-corrected chi connectivity index (χ4v) is 1.48. The van der Waals surface area contributed by atoms with Gasteiger partial charge in [0.2, 0.25) is 0 Å². The highest BCUT2D eigenvalue weighted by Gasteiger charge is 2.36. The Bertz CT molecular complexity index is 203. The molecule has 16 heavy (non-hydrogen) atoms. The van der Waals surface area contributed by atoms with Crippen LogP contribution in [0, 0.1) is 0 Å². The van der Waals surface area contributed by atoms with Gasteiger partial charge < -0.3 is 24.4 Å². The quantitative estimate of drug-likeness (QED) is 0.561. The van der Waals surface area contributed by atoms with E-state index in [0.29, 0.717) is 0 Å². The van der Waals surface area contributed by atoms with E-state index in [-0.39, 0.29) is 6.61 Å². The van der Waals surface area contributed by atoms with Crippen LogP contribution in [0.15, 0.2) is 0 Å². The highest BCUT2D eigenvalue weighted by molar-refractivity contribution is 5.80. The minimum Gasteiger partial charge on any atom is -0.394 e. The summed E-state index contributed by atoms with van der Waals surface area (Å²) in [6, 6.07) is 0. The fraction of sp³-hybridized carbons (Fsp3) is 0.900. The molecule has 2 N–H and O–H groups in total.